The number of nitrogens with zero attached hydrogens (tertiary/aromatic N) is 2. The standard InChI is InChI=1S/C20H38N4O2S.HI/c1-6-21-18(23-16-9-10-17(12-16)27-5)22-13-15-8-7-11-24(14-15)19(25)26-20(2,3)4;/h15-17H,6-14H2,1-5H3,(H2,21,22,23);1H. The lowest BCUT2D eigenvalue weighted by molar-refractivity contribution is 0.0170. The SMILES string of the molecule is CCNC(=NCC1CCCN(C(=O)OC(C)(C)C)C1)NC1CCC(SC)C1.I. The Morgan fingerprint density at radius 2 is 2.04 bits per heavy atom. The van der Waals surface area contributed by atoms with Crippen molar-refractivity contribution in [3.63, 3.8) is 0 Å². The number of nitrogens with one attached hydrogen (secondary N) is 2. The molecule has 164 valence electrons. The van der Waals surface area contributed by atoms with Crippen LogP contribution >= 0.6 is 35.7 Å². The second-order valence-electron chi connectivity index (χ2n) is 8.67. The third kappa shape index (κ3) is 8.97. The maximum absolute atomic E-state index is 12.3. The van der Waals surface area contributed by atoms with E-state index in [1.54, 1.807) is 0 Å². The fraction of sp³-hybridized carbons (Fsp3) is 0.900. The van der Waals surface area contributed by atoms with Crippen LogP contribution in [0.4, 0.5) is 4.79 Å². The van der Waals surface area contributed by atoms with E-state index in [9.17, 15) is 4.79 Å². The zero-order chi connectivity index (χ0) is 19.9. The molecule has 1 heterocycles. The first-order chi connectivity index (χ1) is 12.8. The van der Waals surface area contributed by atoms with Gasteiger partial charge in [-0.1, -0.05) is 0 Å². The molecule has 8 heteroatoms. The number of likely N-dealkylation sites (tertiary alicyclic amines) is 1. The smallest absolute Gasteiger partial charge is 0.410 e. The van der Waals surface area contributed by atoms with E-state index < -0.39 is 5.60 Å². The van der Waals surface area contributed by atoms with E-state index in [1.807, 2.05) is 37.4 Å². The van der Waals surface area contributed by atoms with Gasteiger partial charge >= 0.3 is 6.09 Å². The van der Waals surface area contributed by atoms with Crippen LogP contribution in [0.25, 0.3) is 0 Å². The lowest BCUT2D eigenvalue weighted by Gasteiger charge is -2.33. The molecule has 28 heavy (non-hydrogen) atoms. The maximum Gasteiger partial charge on any atom is 0.410 e. The molecule has 1 saturated heterocycles. The minimum atomic E-state index is -0.444. The summed E-state index contributed by atoms with van der Waals surface area (Å²) in [6.45, 7) is 11.0. The van der Waals surface area contributed by atoms with Gasteiger partial charge in [-0.15, -0.1) is 24.0 Å². The van der Waals surface area contributed by atoms with Gasteiger partial charge < -0.3 is 20.3 Å². The van der Waals surface area contributed by atoms with Gasteiger partial charge in [-0.2, -0.15) is 11.8 Å². The number of carbonyl (C=O) groups excluding carboxylic acids is 1. The number of carbonyl (C=O) groups is 1. The molecule has 0 aromatic rings. The van der Waals surface area contributed by atoms with Crippen molar-refractivity contribution in [3.8, 4) is 0 Å². The molecule has 1 amide bonds. The highest BCUT2D eigenvalue weighted by Crippen LogP contribution is 2.28. The number of thioether (sulfide) groups is 1. The molecule has 0 aromatic carbocycles. The van der Waals surface area contributed by atoms with Gasteiger partial charge in [-0.3, -0.25) is 4.99 Å². The summed E-state index contributed by atoms with van der Waals surface area (Å²) in [7, 11) is 0. The average Bonchev–Trinajstić information content (AvgIpc) is 3.06. The van der Waals surface area contributed by atoms with Gasteiger partial charge in [0.05, 0.1) is 0 Å². The van der Waals surface area contributed by atoms with Gasteiger partial charge in [-0.25, -0.2) is 4.79 Å². The Morgan fingerprint density at radius 3 is 2.64 bits per heavy atom. The summed E-state index contributed by atoms with van der Waals surface area (Å²) in [6.07, 6.45) is 7.84. The average molecular weight is 527 g/mol. The van der Waals surface area contributed by atoms with Crippen molar-refractivity contribution in [1.82, 2.24) is 15.5 Å². The van der Waals surface area contributed by atoms with E-state index >= 15 is 0 Å². The first-order valence-corrected chi connectivity index (χ1v) is 11.6. The maximum atomic E-state index is 12.3. The zero-order valence-corrected chi connectivity index (χ0v) is 21.3. The van der Waals surface area contributed by atoms with E-state index in [4.69, 9.17) is 9.73 Å². The van der Waals surface area contributed by atoms with Gasteiger partial charge in [-0.05, 0) is 72.0 Å². The third-order valence-electron chi connectivity index (χ3n) is 5.08. The molecule has 1 aliphatic carbocycles. The molecular weight excluding hydrogens is 487 g/mol. The van der Waals surface area contributed by atoms with Gasteiger partial charge in [0.1, 0.15) is 5.60 Å². The number of piperidine rings is 1. The van der Waals surface area contributed by atoms with Crippen LogP contribution in [0.15, 0.2) is 4.99 Å². The van der Waals surface area contributed by atoms with Crippen LogP contribution in [-0.4, -0.2) is 66.3 Å². The summed E-state index contributed by atoms with van der Waals surface area (Å²) in [6, 6.07) is 0.518. The molecule has 6 nitrogen and oxygen atoms in total. The quantitative estimate of drug-likeness (QED) is 0.321. The van der Waals surface area contributed by atoms with Gasteiger partial charge in [0.25, 0.3) is 0 Å². The van der Waals surface area contributed by atoms with Crippen molar-refractivity contribution in [2.45, 2.75) is 76.7 Å². The van der Waals surface area contributed by atoms with Crippen molar-refractivity contribution < 1.29 is 9.53 Å². The largest absolute Gasteiger partial charge is 0.444 e. The van der Waals surface area contributed by atoms with Crippen LogP contribution in [-0.2, 0) is 4.74 Å². The van der Waals surface area contributed by atoms with Gasteiger partial charge in [0, 0.05) is 37.5 Å². The van der Waals surface area contributed by atoms with E-state index in [-0.39, 0.29) is 30.1 Å². The van der Waals surface area contributed by atoms with Crippen molar-refractivity contribution in [1.29, 1.82) is 0 Å². The summed E-state index contributed by atoms with van der Waals surface area (Å²) >= 11 is 1.97. The molecule has 0 aromatic heterocycles. The molecule has 0 spiro atoms. The summed E-state index contributed by atoms with van der Waals surface area (Å²) in [5.74, 6) is 1.31. The van der Waals surface area contributed by atoms with Crippen LogP contribution in [0.5, 0.6) is 0 Å². The Balaban J connectivity index is 0.00000392. The number of guanidine groups is 1. The Morgan fingerprint density at radius 1 is 1.29 bits per heavy atom. The Bertz CT molecular complexity index is 513. The number of hydrogen-bond acceptors (Lipinski definition) is 4. The van der Waals surface area contributed by atoms with Crippen molar-refractivity contribution in [2.24, 2.45) is 10.9 Å². The van der Waals surface area contributed by atoms with E-state index in [0.717, 1.165) is 50.2 Å². The summed E-state index contributed by atoms with van der Waals surface area (Å²) in [5.41, 5.74) is -0.444. The number of amides is 1. The van der Waals surface area contributed by atoms with Crippen LogP contribution in [0.3, 0.4) is 0 Å². The number of hydrogen-bond donors (Lipinski definition) is 2. The molecule has 2 rings (SSSR count). The second kappa shape index (κ2) is 12.3. The first kappa shape index (κ1) is 25.7. The molecule has 3 unspecified atom stereocenters. The normalized spacial score (nSPS) is 25.8. The van der Waals surface area contributed by atoms with Crippen molar-refractivity contribution in [2.75, 3.05) is 32.4 Å². The minimum Gasteiger partial charge on any atom is -0.444 e. The summed E-state index contributed by atoms with van der Waals surface area (Å²) < 4.78 is 5.52. The van der Waals surface area contributed by atoms with Crippen LogP contribution in [0.2, 0.25) is 0 Å². The molecule has 0 radical (unpaired) electrons. The molecule has 3 atom stereocenters. The molecular formula is C20H39IN4O2S. The van der Waals surface area contributed by atoms with Crippen molar-refractivity contribution >= 4 is 47.8 Å². The molecule has 2 N–H and O–H groups in total. The number of rotatable bonds is 5. The predicted octanol–water partition coefficient (Wildman–Crippen LogP) is 4.09. The lowest BCUT2D eigenvalue weighted by atomic mass is 9.98. The van der Waals surface area contributed by atoms with E-state index in [2.05, 4.69) is 23.8 Å². The Labute approximate surface area is 192 Å². The molecule has 0 bridgehead atoms. The first-order valence-electron chi connectivity index (χ1n) is 10.4. The van der Waals surface area contributed by atoms with Crippen molar-refractivity contribution in [3.05, 3.63) is 0 Å². The Hall–Kier alpha value is -0.380. The van der Waals surface area contributed by atoms with Crippen LogP contribution in [0.1, 0.15) is 59.8 Å². The number of ether oxygens (including phenoxy) is 1. The highest BCUT2D eigenvalue weighted by Gasteiger charge is 2.28. The van der Waals surface area contributed by atoms with Gasteiger partial charge in [0.15, 0.2) is 5.96 Å². The third-order valence-corrected chi connectivity index (χ3v) is 6.18. The fourth-order valence-corrected chi connectivity index (χ4v) is 4.52. The number of halogens is 1. The van der Waals surface area contributed by atoms with Crippen LogP contribution < -0.4 is 10.6 Å². The van der Waals surface area contributed by atoms with E-state index in [1.165, 1.54) is 19.3 Å². The topological polar surface area (TPSA) is 66.0 Å². The highest BCUT2D eigenvalue weighted by molar-refractivity contribution is 14.0. The lowest BCUT2D eigenvalue weighted by Crippen LogP contribution is -2.45. The molecule has 1 saturated carbocycles. The van der Waals surface area contributed by atoms with Gasteiger partial charge in [0.2, 0.25) is 0 Å². The minimum absolute atomic E-state index is 0. The van der Waals surface area contributed by atoms with E-state index in [0.29, 0.717) is 12.0 Å². The summed E-state index contributed by atoms with van der Waals surface area (Å²) in [5, 5.41) is 7.75. The second-order valence-corrected chi connectivity index (χ2v) is 9.80. The fourth-order valence-electron chi connectivity index (χ4n) is 3.73. The zero-order valence-electron chi connectivity index (χ0n) is 18.1. The highest BCUT2D eigenvalue weighted by atomic mass is 127. The summed E-state index contributed by atoms with van der Waals surface area (Å²) in [4.78, 5) is 19.0. The molecule has 2 aliphatic rings. The molecule has 1 aliphatic heterocycles. The number of aliphatic imine (C=N–C) groups is 1. The van der Waals surface area contributed by atoms with Crippen LogP contribution in [0, 0.1) is 5.92 Å². The Kier molecular flexibility index (Phi) is 11.3. The predicted molar refractivity (Wildman–Crippen MR) is 130 cm³/mol. The monoisotopic (exact) mass is 526 g/mol. The molecule has 2 fully saturated rings.